The van der Waals surface area contributed by atoms with Crippen molar-refractivity contribution < 1.29 is 14.4 Å². The Balaban J connectivity index is 1.96. The van der Waals surface area contributed by atoms with Gasteiger partial charge in [0.05, 0.1) is 6.54 Å². The lowest BCUT2D eigenvalue weighted by Gasteiger charge is -2.35. The molecule has 1 unspecified atom stereocenters. The maximum atomic E-state index is 12.1. The van der Waals surface area contributed by atoms with Crippen molar-refractivity contribution in [3.8, 4) is 0 Å². The number of piperazine rings is 1. The molecule has 2 rings (SSSR count). The van der Waals surface area contributed by atoms with E-state index in [-0.39, 0.29) is 30.4 Å². The third-order valence-corrected chi connectivity index (χ3v) is 3.50. The van der Waals surface area contributed by atoms with Crippen LogP contribution in [0.15, 0.2) is 0 Å². The average molecular weight is 283 g/mol. The molecule has 0 aromatic heterocycles. The van der Waals surface area contributed by atoms with Crippen LogP contribution >= 0.6 is 0 Å². The maximum absolute atomic E-state index is 12.1. The first kappa shape index (κ1) is 14.7. The summed E-state index contributed by atoms with van der Waals surface area (Å²) in [7, 11) is 0. The van der Waals surface area contributed by atoms with E-state index < -0.39 is 0 Å². The zero-order chi connectivity index (χ0) is 14.5. The van der Waals surface area contributed by atoms with Crippen molar-refractivity contribution in [1.29, 1.82) is 0 Å². The van der Waals surface area contributed by atoms with Crippen molar-refractivity contribution in [2.24, 2.45) is 0 Å². The second-order valence-electron chi connectivity index (χ2n) is 4.86. The second-order valence-corrected chi connectivity index (χ2v) is 4.86. The van der Waals surface area contributed by atoms with Crippen LogP contribution in [0, 0.1) is 0 Å². The summed E-state index contributed by atoms with van der Waals surface area (Å²) in [6.45, 7) is 5.27. The van der Waals surface area contributed by atoms with E-state index in [1.54, 1.807) is 0 Å². The first-order valence-electron chi connectivity index (χ1n) is 6.94. The summed E-state index contributed by atoms with van der Waals surface area (Å²) in [5.41, 5.74) is 0. The molecule has 0 saturated carbocycles. The Morgan fingerprint density at radius 2 is 2.15 bits per heavy atom. The van der Waals surface area contributed by atoms with E-state index in [0.29, 0.717) is 32.7 Å². The molecule has 2 saturated heterocycles. The quantitative estimate of drug-likeness (QED) is 0.552. The molecule has 1 atom stereocenters. The van der Waals surface area contributed by atoms with Crippen molar-refractivity contribution in [3.63, 3.8) is 0 Å². The molecule has 0 aromatic carbocycles. The van der Waals surface area contributed by atoms with Gasteiger partial charge in [-0.2, -0.15) is 0 Å². The predicted molar refractivity (Wildman–Crippen MR) is 72.0 cm³/mol. The van der Waals surface area contributed by atoms with Crippen LogP contribution in [0.2, 0.25) is 0 Å². The van der Waals surface area contributed by atoms with Gasteiger partial charge in [0.25, 0.3) is 0 Å². The fraction of sp³-hybridized carbons (Fsp3) is 0.750. The molecule has 20 heavy (non-hydrogen) atoms. The summed E-state index contributed by atoms with van der Waals surface area (Å²) in [6, 6.07) is -0.710. The number of hydrogen-bond donors (Lipinski definition) is 3. The molecule has 8 heteroatoms. The summed E-state index contributed by atoms with van der Waals surface area (Å²) in [5.74, 6) is -0.338. The van der Waals surface area contributed by atoms with Crippen molar-refractivity contribution in [2.45, 2.75) is 13.0 Å². The minimum Gasteiger partial charge on any atom is -0.355 e. The number of carbonyl (C=O) groups excluding carboxylic acids is 3. The van der Waals surface area contributed by atoms with Gasteiger partial charge in [-0.15, -0.1) is 0 Å². The number of nitrogens with one attached hydrogen (secondary N) is 3. The summed E-state index contributed by atoms with van der Waals surface area (Å²) >= 11 is 0. The van der Waals surface area contributed by atoms with Gasteiger partial charge in [0.1, 0.15) is 6.04 Å². The number of amides is 4. The van der Waals surface area contributed by atoms with E-state index in [9.17, 15) is 14.4 Å². The molecule has 0 aromatic rings. The van der Waals surface area contributed by atoms with Crippen molar-refractivity contribution in [1.82, 2.24) is 25.8 Å². The summed E-state index contributed by atoms with van der Waals surface area (Å²) < 4.78 is 0. The Labute approximate surface area is 117 Å². The van der Waals surface area contributed by atoms with Gasteiger partial charge >= 0.3 is 6.03 Å². The molecular formula is C12H21N5O3. The lowest BCUT2D eigenvalue weighted by molar-refractivity contribution is -0.132. The molecule has 3 N–H and O–H groups in total. The highest BCUT2D eigenvalue weighted by Gasteiger charge is 2.33. The first-order chi connectivity index (χ1) is 9.63. The standard InChI is InChI=1S/C12H21N5O3/c1-2-14-11(19)9-7-13-3-5-16(9)8-10(18)17-6-4-15-12(17)20/h9,13H,2-8H2,1H3,(H,14,19)(H,15,20). The molecule has 8 nitrogen and oxygen atoms in total. The van der Waals surface area contributed by atoms with Gasteiger partial charge in [-0.05, 0) is 6.92 Å². The van der Waals surface area contributed by atoms with Crippen molar-refractivity contribution in [3.05, 3.63) is 0 Å². The largest absolute Gasteiger partial charge is 0.355 e. The number of carbonyl (C=O) groups is 3. The molecule has 2 aliphatic rings. The SMILES string of the molecule is CCNC(=O)C1CNCCN1CC(=O)N1CCNC1=O. The molecular weight excluding hydrogens is 262 g/mol. The molecule has 0 radical (unpaired) electrons. The average Bonchev–Trinajstić information content (AvgIpc) is 2.86. The van der Waals surface area contributed by atoms with Crippen LogP contribution in [0.3, 0.4) is 0 Å². The van der Waals surface area contributed by atoms with E-state index in [2.05, 4.69) is 16.0 Å². The molecule has 2 aliphatic heterocycles. The van der Waals surface area contributed by atoms with E-state index in [4.69, 9.17) is 0 Å². The molecule has 2 heterocycles. The number of imide groups is 1. The number of rotatable bonds is 4. The lowest BCUT2D eigenvalue weighted by Crippen LogP contribution is -2.59. The van der Waals surface area contributed by atoms with Gasteiger partial charge in [0.15, 0.2) is 0 Å². The van der Waals surface area contributed by atoms with Crippen molar-refractivity contribution in [2.75, 3.05) is 45.8 Å². The van der Waals surface area contributed by atoms with E-state index in [1.165, 1.54) is 4.90 Å². The zero-order valence-electron chi connectivity index (χ0n) is 11.6. The van der Waals surface area contributed by atoms with Crippen molar-refractivity contribution >= 4 is 17.8 Å². The number of likely N-dealkylation sites (N-methyl/N-ethyl adjacent to an activating group) is 1. The Morgan fingerprint density at radius 1 is 1.35 bits per heavy atom. The van der Waals surface area contributed by atoms with Crippen LogP contribution in [0.1, 0.15) is 6.92 Å². The second kappa shape index (κ2) is 6.67. The van der Waals surface area contributed by atoms with E-state index in [1.807, 2.05) is 11.8 Å². The molecule has 2 fully saturated rings. The van der Waals surface area contributed by atoms with Gasteiger partial charge in [0, 0.05) is 39.3 Å². The number of urea groups is 1. The Bertz CT molecular complexity index is 401. The Kier molecular flexibility index (Phi) is 4.91. The molecule has 4 amide bonds. The van der Waals surface area contributed by atoms with Crippen LogP contribution in [-0.2, 0) is 9.59 Å². The minimum atomic E-state index is -0.363. The maximum Gasteiger partial charge on any atom is 0.324 e. The highest BCUT2D eigenvalue weighted by molar-refractivity contribution is 5.97. The molecule has 0 aliphatic carbocycles. The first-order valence-corrected chi connectivity index (χ1v) is 6.94. The summed E-state index contributed by atoms with van der Waals surface area (Å²) in [6.07, 6.45) is 0. The van der Waals surface area contributed by atoms with Crippen LogP contribution in [0.25, 0.3) is 0 Å². The number of hydrogen-bond acceptors (Lipinski definition) is 5. The normalized spacial score (nSPS) is 23.6. The number of nitrogens with zero attached hydrogens (tertiary/aromatic N) is 2. The van der Waals surface area contributed by atoms with Gasteiger partial charge in [0.2, 0.25) is 11.8 Å². The lowest BCUT2D eigenvalue weighted by atomic mass is 10.1. The molecule has 112 valence electrons. The van der Waals surface area contributed by atoms with Crippen LogP contribution in [-0.4, -0.2) is 79.5 Å². The Morgan fingerprint density at radius 3 is 2.80 bits per heavy atom. The third-order valence-electron chi connectivity index (χ3n) is 3.50. The van der Waals surface area contributed by atoms with Crippen LogP contribution in [0.5, 0.6) is 0 Å². The minimum absolute atomic E-state index is 0.0848. The predicted octanol–water partition coefficient (Wildman–Crippen LogP) is -2.05. The topological polar surface area (TPSA) is 93.8 Å². The summed E-state index contributed by atoms with van der Waals surface area (Å²) in [5, 5.41) is 8.52. The van der Waals surface area contributed by atoms with Crippen LogP contribution in [0.4, 0.5) is 4.79 Å². The van der Waals surface area contributed by atoms with Gasteiger partial charge < -0.3 is 16.0 Å². The zero-order valence-corrected chi connectivity index (χ0v) is 11.6. The van der Waals surface area contributed by atoms with E-state index >= 15 is 0 Å². The highest BCUT2D eigenvalue weighted by atomic mass is 16.2. The molecule has 0 spiro atoms. The highest BCUT2D eigenvalue weighted by Crippen LogP contribution is 2.06. The monoisotopic (exact) mass is 283 g/mol. The van der Waals surface area contributed by atoms with Gasteiger partial charge in [-0.1, -0.05) is 0 Å². The van der Waals surface area contributed by atoms with Gasteiger partial charge in [-0.3, -0.25) is 19.4 Å². The summed E-state index contributed by atoms with van der Waals surface area (Å²) in [4.78, 5) is 38.6. The smallest absolute Gasteiger partial charge is 0.324 e. The van der Waals surface area contributed by atoms with Gasteiger partial charge in [-0.25, -0.2) is 4.79 Å². The molecule has 0 bridgehead atoms. The fourth-order valence-corrected chi connectivity index (χ4v) is 2.45. The third kappa shape index (κ3) is 3.26. The fourth-order valence-electron chi connectivity index (χ4n) is 2.45. The van der Waals surface area contributed by atoms with Crippen LogP contribution < -0.4 is 16.0 Å². The Hall–Kier alpha value is -1.67. The van der Waals surface area contributed by atoms with E-state index in [0.717, 1.165) is 6.54 Å².